The topological polar surface area (TPSA) is 26.0 Å². The van der Waals surface area contributed by atoms with E-state index in [1.807, 2.05) is 6.07 Å². The zero-order valence-electron chi connectivity index (χ0n) is 8.95. The lowest BCUT2D eigenvalue weighted by atomic mass is 9.90. The van der Waals surface area contributed by atoms with Crippen molar-refractivity contribution in [3.63, 3.8) is 0 Å². The molecule has 0 bridgehead atoms. The highest BCUT2D eigenvalue weighted by molar-refractivity contribution is 5.21. The molecule has 1 nitrogen and oxygen atoms in total. The molecule has 0 heterocycles. The lowest BCUT2D eigenvalue weighted by Crippen LogP contribution is -2.20. The first-order chi connectivity index (χ1) is 7.25. The van der Waals surface area contributed by atoms with E-state index < -0.39 is 0 Å². The van der Waals surface area contributed by atoms with Crippen LogP contribution in [0.5, 0.6) is 0 Å². The fraction of sp³-hybridized carbons (Fsp3) is 0.538. The SMILES string of the molecule is NC1CCCCC(c2cccc(F)c2)C1. The second-order valence-corrected chi connectivity index (χ2v) is 4.53. The Balaban J connectivity index is 2.14. The van der Waals surface area contributed by atoms with Gasteiger partial charge in [0.25, 0.3) is 0 Å². The van der Waals surface area contributed by atoms with Crippen LogP contribution in [-0.2, 0) is 0 Å². The van der Waals surface area contributed by atoms with E-state index in [4.69, 9.17) is 5.73 Å². The highest BCUT2D eigenvalue weighted by Crippen LogP contribution is 2.31. The molecule has 2 rings (SSSR count). The molecule has 0 spiro atoms. The molecule has 0 saturated heterocycles. The van der Waals surface area contributed by atoms with E-state index in [0.717, 1.165) is 24.8 Å². The minimum absolute atomic E-state index is 0.134. The van der Waals surface area contributed by atoms with Crippen LogP contribution in [-0.4, -0.2) is 6.04 Å². The molecule has 1 saturated carbocycles. The molecule has 1 aliphatic rings. The summed E-state index contributed by atoms with van der Waals surface area (Å²) in [7, 11) is 0. The van der Waals surface area contributed by atoms with Gasteiger partial charge in [0.1, 0.15) is 5.82 Å². The van der Waals surface area contributed by atoms with E-state index in [-0.39, 0.29) is 5.82 Å². The summed E-state index contributed by atoms with van der Waals surface area (Å²) in [4.78, 5) is 0. The maximum absolute atomic E-state index is 13.1. The lowest BCUT2D eigenvalue weighted by Gasteiger charge is -2.17. The summed E-state index contributed by atoms with van der Waals surface area (Å²) in [6.45, 7) is 0. The highest BCUT2D eigenvalue weighted by Gasteiger charge is 2.19. The minimum Gasteiger partial charge on any atom is -0.328 e. The van der Waals surface area contributed by atoms with Crippen LogP contribution in [0.2, 0.25) is 0 Å². The predicted octanol–water partition coefficient (Wildman–Crippen LogP) is 3.20. The number of halogens is 1. The van der Waals surface area contributed by atoms with Crippen molar-refractivity contribution in [2.24, 2.45) is 5.73 Å². The Labute approximate surface area is 90.5 Å². The third-order valence-corrected chi connectivity index (χ3v) is 3.28. The maximum atomic E-state index is 13.1. The van der Waals surface area contributed by atoms with E-state index in [9.17, 15) is 4.39 Å². The van der Waals surface area contributed by atoms with Crippen LogP contribution >= 0.6 is 0 Å². The first-order valence-corrected chi connectivity index (χ1v) is 5.77. The van der Waals surface area contributed by atoms with Crippen LogP contribution < -0.4 is 5.73 Å². The summed E-state index contributed by atoms with van der Waals surface area (Å²) in [5.41, 5.74) is 7.12. The molecular formula is C13H18FN. The fourth-order valence-corrected chi connectivity index (χ4v) is 2.46. The molecule has 0 amide bonds. The van der Waals surface area contributed by atoms with Crippen LogP contribution in [0.25, 0.3) is 0 Å². The van der Waals surface area contributed by atoms with Crippen LogP contribution in [0.4, 0.5) is 4.39 Å². The molecule has 0 radical (unpaired) electrons. The van der Waals surface area contributed by atoms with Crippen LogP contribution in [0.1, 0.15) is 43.6 Å². The normalized spacial score (nSPS) is 27.3. The standard InChI is InChI=1S/C13H18FN/c14-12-6-3-5-10(8-12)11-4-1-2-7-13(15)9-11/h3,5-6,8,11,13H,1-2,4,7,9,15H2. The van der Waals surface area contributed by atoms with E-state index in [1.54, 1.807) is 12.1 Å². The van der Waals surface area contributed by atoms with E-state index in [1.165, 1.54) is 18.9 Å². The molecule has 2 heteroatoms. The Kier molecular flexibility index (Phi) is 3.37. The van der Waals surface area contributed by atoms with Crippen molar-refractivity contribution in [2.45, 2.75) is 44.1 Å². The molecule has 82 valence electrons. The Morgan fingerprint density at radius 1 is 1.20 bits per heavy atom. The summed E-state index contributed by atoms with van der Waals surface area (Å²) in [6.07, 6.45) is 5.70. The van der Waals surface area contributed by atoms with Crippen molar-refractivity contribution in [3.05, 3.63) is 35.6 Å². The lowest BCUT2D eigenvalue weighted by molar-refractivity contribution is 0.531. The second-order valence-electron chi connectivity index (χ2n) is 4.53. The molecule has 0 aliphatic heterocycles. The van der Waals surface area contributed by atoms with Gasteiger partial charge in [-0.3, -0.25) is 0 Å². The number of benzene rings is 1. The zero-order valence-corrected chi connectivity index (χ0v) is 8.95. The zero-order chi connectivity index (χ0) is 10.7. The average molecular weight is 207 g/mol. The van der Waals surface area contributed by atoms with Crippen LogP contribution in [0, 0.1) is 5.82 Å². The Morgan fingerprint density at radius 3 is 2.80 bits per heavy atom. The molecule has 1 fully saturated rings. The van der Waals surface area contributed by atoms with E-state index >= 15 is 0 Å². The summed E-state index contributed by atoms with van der Waals surface area (Å²) in [5, 5.41) is 0. The van der Waals surface area contributed by atoms with Crippen LogP contribution in [0.15, 0.2) is 24.3 Å². The number of hydrogen-bond donors (Lipinski definition) is 1. The van der Waals surface area contributed by atoms with Crippen molar-refractivity contribution in [1.82, 2.24) is 0 Å². The third kappa shape index (κ3) is 2.78. The predicted molar refractivity (Wildman–Crippen MR) is 60.2 cm³/mol. The minimum atomic E-state index is -0.134. The van der Waals surface area contributed by atoms with Gasteiger partial charge in [0.15, 0.2) is 0 Å². The van der Waals surface area contributed by atoms with E-state index in [2.05, 4.69) is 0 Å². The van der Waals surface area contributed by atoms with E-state index in [0.29, 0.717) is 12.0 Å². The smallest absolute Gasteiger partial charge is 0.123 e. The quantitative estimate of drug-likeness (QED) is 0.703. The molecule has 2 atom stereocenters. The van der Waals surface area contributed by atoms with Gasteiger partial charge in [0, 0.05) is 6.04 Å². The van der Waals surface area contributed by atoms with Gasteiger partial charge in [0.05, 0.1) is 0 Å². The molecule has 1 aromatic carbocycles. The van der Waals surface area contributed by atoms with Gasteiger partial charge in [-0.2, -0.15) is 0 Å². The first-order valence-electron chi connectivity index (χ1n) is 5.77. The van der Waals surface area contributed by atoms with Gasteiger partial charge >= 0.3 is 0 Å². The van der Waals surface area contributed by atoms with Crippen molar-refractivity contribution in [2.75, 3.05) is 0 Å². The molecule has 1 aromatic rings. The van der Waals surface area contributed by atoms with Crippen molar-refractivity contribution < 1.29 is 4.39 Å². The van der Waals surface area contributed by atoms with Crippen molar-refractivity contribution >= 4 is 0 Å². The molecule has 2 unspecified atom stereocenters. The Hall–Kier alpha value is -0.890. The molecular weight excluding hydrogens is 189 g/mol. The van der Waals surface area contributed by atoms with Gasteiger partial charge < -0.3 is 5.73 Å². The average Bonchev–Trinajstić information content (AvgIpc) is 2.43. The number of nitrogens with two attached hydrogens (primary N) is 1. The van der Waals surface area contributed by atoms with Gasteiger partial charge in [-0.05, 0) is 42.9 Å². The van der Waals surface area contributed by atoms with Crippen molar-refractivity contribution in [3.8, 4) is 0 Å². The Morgan fingerprint density at radius 2 is 2.00 bits per heavy atom. The molecule has 1 aliphatic carbocycles. The maximum Gasteiger partial charge on any atom is 0.123 e. The number of hydrogen-bond acceptors (Lipinski definition) is 1. The van der Waals surface area contributed by atoms with Gasteiger partial charge in [-0.15, -0.1) is 0 Å². The van der Waals surface area contributed by atoms with Crippen molar-refractivity contribution in [1.29, 1.82) is 0 Å². The van der Waals surface area contributed by atoms with Gasteiger partial charge in [0.2, 0.25) is 0 Å². The van der Waals surface area contributed by atoms with Crippen LogP contribution in [0.3, 0.4) is 0 Å². The highest BCUT2D eigenvalue weighted by atomic mass is 19.1. The second kappa shape index (κ2) is 4.75. The summed E-state index contributed by atoms with van der Waals surface area (Å²) < 4.78 is 13.1. The molecule has 2 N–H and O–H groups in total. The fourth-order valence-electron chi connectivity index (χ4n) is 2.46. The third-order valence-electron chi connectivity index (χ3n) is 3.28. The summed E-state index contributed by atoms with van der Waals surface area (Å²) >= 11 is 0. The Bertz CT molecular complexity index is 324. The van der Waals surface area contributed by atoms with Gasteiger partial charge in [-0.1, -0.05) is 25.0 Å². The molecule has 0 aromatic heterocycles. The monoisotopic (exact) mass is 207 g/mol. The molecule has 15 heavy (non-hydrogen) atoms. The number of rotatable bonds is 1. The largest absolute Gasteiger partial charge is 0.328 e. The summed E-state index contributed by atoms with van der Waals surface area (Å²) in [5.74, 6) is 0.323. The first kappa shape index (κ1) is 10.6. The van der Waals surface area contributed by atoms with Gasteiger partial charge in [-0.25, -0.2) is 4.39 Å². The summed E-state index contributed by atoms with van der Waals surface area (Å²) in [6, 6.07) is 7.26.